The van der Waals surface area contributed by atoms with Crippen LogP contribution >= 0.6 is 0 Å². The van der Waals surface area contributed by atoms with E-state index in [4.69, 9.17) is 0 Å². The molecule has 2 heterocycles. The van der Waals surface area contributed by atoms with Crippen LogP contribution in [0.4, 0.5) is 0 Å². The van der Waals surface area contributed by atoms with Crippen molar-refractivity contribution >= 4 is 10.0 Å². The van der Waals surface area contributed by atoms with Crippen molar-refractivity contribution in [1.82, 2.24) is 14.2 Å². The molecular formula is C15H25N3O2S. The molecule has 5 nitrogen and oxygen atoms in total. The Labute approximate surface area is 127 Å². The summed E-state index contributed by atoms with van der Waals surface area (Å²) in [6, 6.07) is 2.35. The minimum absolute atomic E-state index is 0.454. The molecule has 1 aliphatic carbocycles. The molecule has 3 rings (SSSR count). The molecule has 1 saturated carbocycles. The summed E-state index contributed by atoms with van der Waals surface area (Å²) in [5.74, 6) is 0.454. The van der Waals surface area contributed by atoms with Crippen molar-refractivity contribution in [2.75, 3.05) is 20.1 Å². The van der Waals surface area contributed by atoms with Gasteiger partial charge in [0.15, 0.2) is 0 Å². The van der Waals surface area contributed by atoms with Gasteiger partial charge in [-0.1, -0.05) is 6.92 Å². The monoisotopic (exact) mass is 311 g/mol. The zero-order valence-corrected chi connectivity index (χ0v) is 13.7. The van der Waals surface area contributed by atoms with E-state index in [-0.39, 0.29) is 0 Å². The molecule has 1 aromatic rings. The number of piperidine rings is 1. The average Bonchev–Trinajstić information content (AvgIpc) is 3.20. The van der Waals surface area contributed by atoms with E-state index < -0.39 is 10.0 Å². The maximum Gasteiger partial charge on any atom is 0.244 e. The Bertz CT molecular complexity index is 604. The lowest BCUT2D eigenvalue weighted by atomic mass is 10.0. The van der Waals surface area contributed by atoms with Crippen molar-refractivity contribution in [2.24, 2.45) is 5.92 Å². The molecule has 1 saturated heterocycles. The third kappa shape index (κ3) is 3.03. The highest BCUT2D eigenvalue weighted by Gasteiger charge is 2.32. The van der Waals surface area contributed by atoms with Gasteiger partial charge in [-0.2, -0.15) is 4.31 Å². The highest BCUT2D eigenvalue weighted by molar-refractivity contribution is 7.89. The lowest BCUT2D eigenvalue weighted by molar-refractivity contribution is 0.281. The number of hydrogen-bond donors (Lipinski definition) is 1. The lowest BCUT2D eigenvalue weighted by Crippen LogP contribution is -2.38. The molecule has 1 aliphatic heterocycles. The summed E-state index contributed by atoms with van der Waals surface area (Å²) >= 11 is 0. The van der Waals surface area contributed by atoms with Crippen LogP contribution in [0.25, 0.3) is 0 Å². The van der Waals surface area contributed by atoms with Gasteiger partial charge in [0.05, 0.1) is 0 Å². The predicted molar refractivity (Wildman–Crippen MR) is 82.6 cm³/mol. The van der Waals surface area contributed by atoms with Crippen LogP contribution in [0, 0.1) is 5.92 Å². The van der Waals surface area contributed by atoms with Crippen LogP contribution in [0.3, 0.4) is 0 Å². The Kier molecular flexibility index (Phi) is 4.12. The van der Waals surface area contributed by atoms with Gasteiger partial charge in [0, 0.05) is 37.6 Å². The predicted octanol–water partition coefficient (Wildman–Crippen LogP) is 1.96. The summed E-state index contributed by atoms with van der Waals surface area (Å²) in [6.45, 7) is 4.15. The topological polar surface area (TPSA) is 54.3 Å². The summed E-state index contributed by atoms with van der Waals surface area (Å²) in [6.07, 6.45) is 6.25. The van der Waals surface area contributed by atoms with E-state index in [9.17, 15) is 8.42 Å². The Balaban J connectivity index is 1.89. The molecule has 21 heavy (non-hydrogen) atoms. The van der Waals surface area contributed by atoms with Gasteiger partial charge in [0.1, 0.15) is 4.90 Å². The van der Waals surface area contributed by atoms with Crippen LogP contribution in [0.15, 0.2) is 17.2 Å². The molecule has 6 heteroatoms. The van der Waals surface area contributed by atoms with Crippen LogP contribution < -0.4 is 5.32 Å². The summed E-state index contributed by atoms with van der Waals surface area (Å²) in [4.78, 5) is 0.466. The molecule has 2 fully saturated rings. The van der Waals surface area contributed by atoms with E-state index in [2.05, 4.69) is 16.8 Å². The molecule has 0 aromatic carbocycles. The average molecular weight is 311 g/mol. The van der Waals surface area contributed by atoms with Gasteiger partial charge in [0.25, 0.3) is 0 Å². The lowest BCUT2D eigenvalue weighted by Gasteiger charge is -2.29. The number of nitrogens with one attached hydrogen (secondary N) is 1. The van der Waals surface area contributed by atoms with E-state index in [0.29, 0.717) is 36.5 Å². The van der Waals surface area contributed by atoms with Gasteiger partial charge in [0.2, 0.25) is 10.0 Å². The van der Waals surface area contributed by atoms with Crippen LogP contribution in [-0.4, -0.2) is 37.4 Å². The fourth-order valence-corrected chi connectivity index (χ4v) is 4.82. The van der Waals surface area contributed by atoms with Crippen molar-refractivity contribution in [3.8, 4) is 0 Å². The van der Waals surface area contributed by atoms with Crippen molar-refractivity contribution in [3.05, 3.63) is 18.0 Å². The zero-order chi connectivity index (χ0) is 15.0. The van der Waals surface area contributed by atoms with E-state index in [1.807, 2.05) is 19.3 Å². The van der Waals surface area contributed by atoms with Gasteiger partial charge in [-0.25, -0.2) is 8.42 Å². The molecule has 1 N–H and O–H groups in total. The molecule has 1 aromatic heterocycles. The fourth-order valence-electron chi connectivity index (χ4n) is 3.17. The molecule has 2 aliphatic rings. The second-order valence-electron chi connectivity index (χ2n) is 6.45. The largest absolute Gasteiger partial charge is 0.346 e. The number of nitrogens with zero attached hydrogens (tertiary/aromatic N) is 2. The molecule has 0 spiro atoms. The van der Waals surface area contributed by atoms with Crippen molar-refractivity contribution in [3.63, 3.8) is 0 Å². The maximum atomic E-state index is 12.8. The van der Waals surface area contributed by atoms with Gasteiger partial charge >= 0.3 is 0 Å². The first-order valence-electron chi connectivity index (χ1n) is 7.88. The molecule has 1 atom stereocenters. The first kappa shape index (κ1) is 15.1. The van der Waals surface area contributed by atoms with Gasteiger partial charge in [-0.3, -0.25) is 0 Å². The van der Waals surface area contributed by atoms with Crippen molar-refractivity contribution in [2.45, 2.75) is 50.1 Å². The SMILES string of the molecule is CNCc1cc(S(=O)(=O)N2CCCC(C)C2)cn1C1CC1. The van der Waals surface area contributed by atoms with E-state index >= 15 is 0 Å². The van der Waals surface area contributed by atoms with Gasteiger partial charge in [-0.15, -0.1) is 0 Å². The Morgan fingerprint density at radius 2 is 2.10 bits per heavy atom. The molecule has 0 amide bonds. The number of sulfonamides is 1. The Morgan fingerprint density at radius 1 is 1.33 bits per heavy atom. The van der Waals surface area contributed by atoms with Crippen molar-refractivity contribution in [1.29, 1.82) is 0 Å². The van der Waals surface area contributed by atoms with E-state index in [0.717, 1.165) is 31.4 Å². The minimum Gasteiger partial charge on any atom is -0.346 e. The third-order valence-corrected chi connectivity index (χ3v) is 6.29. The minimum atomic E-state index is -3.34. The number of hydrogen-bond acceptors (Lipinski definition) is 3. The van der Waals surface area contributed by atoms with Gasteiger partial charge < -0.3 is 9.88 Å². The highest BCUT2D eigenvalue weighted by Crippen LogP contribution is 2.38. The van der Waals surface area contributed by atoms with E-state index in [1.54, 1.807) is 4.31 Å². The summed E-state index contributed by atoms with van der Waals surface area (Å²) in [5.41, 5.74) is 1.07. The summed E-state index contributed by atoms with van der Waals surface area (Å²) in [5, 5.41) is 3.13. The van der Waals surface area contributed by atoms with Crippen LogP contribution in [0.1, 0.15) is 44.3 Å². The molecule has 0 bridgehead atoms. The number of rotatable bonds is 5. The first-order chi connectivity index (χ1) is 10.0. The normalized spacial score (nSPS) is 24.4. The summed E-state index contributed by atoms with van der Waals surface area (Å²) in [7, 11) is -1.44. The number of aromatic nitrogens is 1. The van der Waals surface area contributed by atoms with Crippen LogP contribution in [0.2, 0.25) is 0 Å². The smallest absolute Gasteiger partial charge is 0.244 e. The highest BCUT2D eigenvalue weighted by atomic mass is 32.2. The molecule has 118 valence electrons. The molecular weight excluding hydrogens is 286 g/mol. The maximum absolute atomic E-state index is 12.8. The van der Waals surface area contributed by atoms with Crippen LogP contribution in [-0.2, 0) is 16.6 Å². The van der Waals surface area contributed by atoms with Gasteiger partial charge in [-0.05, 0) is 44.7 Å². The molecule has 0 radical (unpaired) electrons. The van der Waals surface area contributed by atoms with Crippen molar-refractivity contribution < 1.29 is 8.42 Å². The second-order valence-corrected chi connectivity index (χ2v) is 8.38. The Morgan fingerprint density at radius 3 is 2.71 bits per heavy atom. The fraction of sp³-hybridized carbons (Fsp3) is 0.733. The second kappa shape index (κ2) is 5.74. The summed E-state index contributed by atoms with van der Waals surface area (Å²) < 4.78 is 29.5. The Hall–Kier alpha value is -0.850. The van der Waals surface area contributed by atoms with E-state index in [1.165, 1.54) is 0 Å². The third-order valence-electron chi connectivity index (χ3n) is 4.46. The quantitative estimate of drug-likeness (QED) is 0.904. The van der Waals surface area contributed by atoms with Crippen LogP contribution in [0.5, 0.6) is 0 Å². The zero-order valence-electron chi connectivity index (χ0n) is 12.9. The first-order valence-corrected chi connectivity index (χ1v) is 9.32. The standard InChI is InChI=1S/C15H25N3O2S/c1-12-4-3-7-17(10-12)21(19,20)15-8-14(9-16-2)18(11-15)13-5-6-13/h8,11-13,16H,3-7,9-10H2,1-2H3. The molecule has 1 unspecified atom stereocenters.